The highest BCUT2D eigenvalue weighted by Crippen LogP contribution is 2.28. The highest BCUT2D eigenvalue weighted by Gasteiger charge is 2.36. The molecule has 1 atom stereocenters. The normalized spacial score (nSPS) is 18.5. The van der Waals surface area contributed by atoms with Crippen LogP contribution in [0, 0.1) is 0 Å². The zero-order chi connectivity index (χ0) is 24.8. The minimum absolute atomic E-state index is 0.164. The maximum atomic E-state index is 13.8. The third kappa shape index (κ3) is 5.59. The van der Waals surface area contributed by atoms with Gasteiger partial charge in [-0.25, -0.2) is 4.79 Å². The van der Waals surface area contributed by atoms with Crippen LogP contribution in [-0.4, -0.2) is 72.7 Å². The first-order valence-corrected chi connectivity index (χ1v) is 12.5. The largest absolute Gasteiger partial charge is 0.496 e. The van der Waals surface area contributed by atoms with Crippen molar-refractivity contribution in [1.29, 1.82) is 0 Å². The standard InChI is InChI=1S/C27H35N3O5/c1-34-23-19-24(31)29-18-17-28(14-8-11-20-9-4-3-5-10-20)16-13-21(29)25(23)26(32)30-15-7-6-12-22(30)27(33)35-2/h3-5,9-10,19,22H,6-8,11-18H2,1-2H3/t22-/m1/s1. The average Bonchev–Trinajstić information content (AvgIpc) is 3.11. The second-order valence-electron chi connectivity index (χ2n) is 9.24. The van der Waals surface area contributed by atoms with Crippen molar-refractivity contribution in [2.45, 2.75) is 51.1 Å². The Balaban J connectivity index is 1.55. The molecule has 0 aliphatic carbocycles. The van der Waals surface area contributed by atoms with E-state index in [-0.39, 0.29) is 17.2 Å². The van der Waals surface area contributed by atoms with E-state index in [0.717, 1.165) is 45.3 Å². The number of methoxy groups -OCH3 is 2. The maximum Gasteiger partial charge on any atom is 0.328 e. The highest BCUT2D eigenvalue weighted by atomic mass is 16.5. The molecule has 1 aromatic heterocycles. The van der Waals surface area contributed by atoms with Crippen molar-refractivity contribution in [1.82, 2.24) is 14.4 Å². The Kier molecular flexibility index (Phi) is 8.23. The lowest BCUT2D eigenvalue weighted by atomic mass is 9.99. The van der Waals surface area contributed by atoms with Crippen molar-refractivity contribution < 1.29 is 19.1 Å². The summed E-state index contributed by atoms with van der Waals surface area (Å²) in [7, 11) is 2.82. The number of carbonyl (C=O) groups is 2. The van der Waals surface area contributed by atoms with Crippen LogP contribution in [-0.2, 0) is 28.9 Å². The number of hydrogen-bond donors (Lipinski definition) is 0. The molecular formula is C27H35N3O5. The van der Waals surface area contributed by atoms with Crippen LogP contribution in [0.15, 0.2) is 41.2 Å². The summed E-state index contributed by atoms with van der Waals surface area (Å²) < 4.78 is 12.2. The minimum atomic E-state index is -0.612. The van der Waals surface area contributed by atoms with Gasteiger partial charge in [-0.1, -0.05) is 30.3 Å². The Hall–Kier alpha value is -3.13. The van der Waals surface area contributed by atoms with Crippen molar-refractivity contribution in [3.05, 3.63) is 63.6 Å². The Labute approximate surface area is 206 Å². The van der Waals surface area contributed by atoms with Gasteiger partial charge in [0.1, 0.15) is 17.4 Å². The van der Waals surface area contributed by atoms with Crippen LogP contribution in [0.4, 0.5) is 0 Å². The molecule has 0 saturated carbocycles. The number of aryl methyl sites for hydroxylation is 1. The van der Waals surface area contributed by atoms with Gasteiger partial charge in [0.2, 0.25) is 0 Å². The SMILES string of the molecule is COC(=O)[C@H]1CCCCN1C(=O)c1c(OC)cc(=O)n2c1CCN(CCCc1ccccc1)CC2. The molecule has 188 valence electrons. The molecule has 8 nitrogen and oxygen atoms in total. The molecule has 0 unspecified atom stereocenters. The van der Waals surface area contributed by atoms with Crippen LogP contribution in [0.2, 0.25) is 0 Å². The molecule has 3 heterocycles. The van der Waals surface area contributed by atoms with Gasteiger partial charge < -0.3 is 23.8 Å². The minimum Gasteiger partial charge on any atom is -0.496 e. The van der Waals surface area contributed by atoms with Crippen molar-refractivity contribution >= 4 is 11.9 Å². The summed E-state index contributed by atoms with van der Waals surface area (Å²) in [6.45, 7) is 3.42. The van der Waals surface area contributed by atoms with Gasteiger partial charge in [0.25, 0.3) is 11.5 Å². The third-order valence-electron chi connectivity index (χ3n) is 7.14. The molecule has 4 rings (SSSR count). The van der Waals surface area contributed by atoms with Crippen LogP contribution in [0.25, 0.3) is 0 Å². The zero-order valence-electron chi connectivity index (χ0n) is 20.7. The number of hydrogen-bond acceptors (Lipinski definition) is 6. The fourth-order valence-electron chi connectivity index (χ4n) is 5.26. The van der Waals surface area contributed by atoms with Crippen LogP contribution < -0.4 is 10.3 Å². The molecule has 1 fully saturated rings. The number of benzene rings is 1. The maximum absolute atomic E-state index is 13.8. The molecule has 1 amide bonds. The number of carbonyl (C=O) groups excluding carboxylic acids is 2. The summed E-state index contributed by atoms with van der Waals surface area (Å²) >= 11 is 0. The number of esters is 1. The third-order valence-corrected chi connectivity index (χ3v) is 7.14. The predicted molar refractivity (Wildman–Crippen MR) is 133 cm³/mol. The van der Waals surface area contributed by atoms with Gasteiger partial charge in [-0.05, 0) is 44.2 Å². The van der Waals surface area contributed by atoms with Gasteiger partial charge in [-0.15, -0.1) is 0 Å². The monoisotopic (exact) mass is 481 g/mol. The topological polar surface area (TPSA) is 81.1 Å². The Morgan fingerprint density at radius 1 is 1.03 bits per heavy atom. The lowest BCUT2D eigenvalue weighted by molar-refractivity contribution is -0.147. The lowest BCUT2D eigenvalue weighted by Gasteiger charge is -2.34. The number of amides is 1. The molecule has 0 bridgehead atoms. The van der Waals surface area contributed by atoms with Gasteiger partial charge in [-0.3, -0.25) is 9.59 Å². The molecule has 0 N–H and O–H groups in total. The van der Waals surface area contributed by atoms with Crippen molar-refractivity contribution in [2.24, 2.45) is 0 Å². The molecule has 2 aliphatic heterocycles. The van der Waals surface area contributed by atoms with E-state index < -0.39 is 12.0 Å². The molecule has 1 aromatic carbocycles. The van der Waals surface area contributed by atoms with Gasteiger partial charge in [0.15, 0.2) is 0 Å². The van der Waals surface area contributed by atoms with E-state index in [1.165, 1.54) is 25.8 Å². The van der Waals surface area contributed by atoms with Crippen LogP contribution in [0.5, 0.6) is 5.75 Å². The number of aromatic nitrogens is 1. The number of nitrogens with zero attached hydrogens (tertiary/aromatic N) is 3. The second-order valence-corrected chi connectivity index (χ2v) is 9.24. The molecule has 2 aromatic rings. The van der Waals surface area contributed by atoms with Gasteiger partial charge in [0.05, 0.1) is 14.2 Å². The Morgan fingerprint density at radius 2 is 1.83 bits per heavy atom. The zero-order valence-corrected chi connectivity index (χ0v) is 20.7. The molecule has 0 radical (unpaired) electrons. The average molecular weight is 482 g/mol. The van der Waals surface area contributed by atoms with E-state index in [2.05, 4.69) is 29.2 Å². The van der Waals surface area contributed by atoms with Crippen LogP contribution >= 0.6 is 0 Å². The van der Waals surface area contributed by atoms with Crippen LogP contribution in [0.3, 0.4) is 0 Å². The number of rotatable bonds is 7. The molecule has 0 spiro atoms. The van der Waals surface area contributed by atoms with Crippen molar-refractivity contribution in [3.63, 3.8) is 0 Å². The molecular weight excluding hydrogens is 446 g/mol. The summed E-state index contributed by atoms with van der Waals surface area (Å²) in [4.78, 5) is 43.1. The first kappa shape index (κ1) is 25.0. The van der Waals surface area contributed by atoms with E-state index in [1.807, 2.05) is 6.07 Å². The van der Waals surface area contributed by atoms with Crippen molar-refractivity contribution in [3.8, 4) is 5.75 Å². The number of ether oxygens (including phenoxy) is 2. The van der Waals surface area contributed by atoms with Gasteiger partial charge in [0, 0.05) is 44.4 Å². The first-order valence-electron chi connectivity index (χ1n) is 12.5. The van der Waals surface area contributed by atoms with E-state index in [4.69, 9.17) is 9.47 Å². The number of likely N-dealkylation sites (tertiary alicyclic amines) is 1. The fraction of sp³-hybridized carbons (Fsp3) is 0.519. The predicted octanol–water partition coefficient (Wildman–Crippen LogP) is 2.52. The molecule has 2 aliphatic rings. The summed E-state index contributed by atoms with van der Waals surface area (Å²) in [5.41, 5.74) is 2.25. The van der Waals surface area contributed by atoms with E-state index in [0.29, 0.717) is 37.2 Å². The number of piperidine rings is 1. The number of pyridine rings is 1. The Bertz CT molecular complexity index is 1100. The van der Waals surface area contributed by atoms with E-state index >= 15 is 0 Å². The quantitative estimate of drug-likeness (QED) is 0.566. The smallest absolute Gasteiger partial charge is 0.328 e. The van der Waals surface area contributed by atoms with E-state index in [1.54, 1.807) is 9.47 Å². The van der Waals surface area contributed by atoms with Crippen LogP contribution in [0.1, 0.15) is 47.3 Å². The highest BCUT2D eigenvalue weighted by molar-refractivity contribution is 6.00. The second kappa shape index (κ2) is 11.5. The molecule has 1 saturated heterocycles. The van der Waals surface area contributed by atoms with Gasteiger partial charge in [-0.2, -0.15) is 0 Å². The Morgan fingerprint density at radius 3 is 2.57 bits per heavy atom. The number of fused-ring (bicyclic) bond motifs is 1. The van der Waals surface area contributed by atoms with Gasteiger partial charge >= 0.3 is 5.97 Å². The summed E-state index contributed by atoms with van der Waals surface area (Å²) in [6.07, 6.45) is 4.86. The first-order chi connectivity index (χ1) is 17.0. The summed E-state index contributed by atoms with van der Waals surface area (Å²) in [5, 5.41) is 0. The molecule has 8 heteroatoms. The summed E-state index contributed by atoms with van der Waals surface area (Å²) in [5.74, 6) is -0.392. The summed E-state index contributed by atoms with van der Waals surface area (Å²) in [6, 6.07) is 11.2. The van der Waals surface area contributed by atoms with E-state index in [9.17, 15) is 14.4 Å². The fourth-order valence-corrected chi connectivity index (χ4v) is 5.26. The lowest BCUT2D eigenvalue weighted by Crippen LogP contribution is -2.49. The molecule has 35 heavy (non-hydrogen) atoms. The van der Waals surface area contributed by atoms with Crippen molar-refractivity contribution in [2.75, 3.05) is 40.4 Å².